The summed E-state index contributed by atoms with van der Waals surface area (Å²) in [6.07, 6.45) is 1.95. The summed E-state index contributed by atoms with van der Waals surface area (Å²) >= 11 is 3.31. The highest BCUT2D eigenvalue weighted by molar-refractivity contribution is 9.04. The van der Waals surface area contributed by atoms with Gasteiger partial charge in [-0.05, 0) is 0 Å². The molecule has 1 rings (SSSR count). The van der Waals surface area contributed by atoms with Crippen molar-refractivity contribution in [2.24, 2.45) is 0 Å². The Hall–Kier alpha value is -0.370. The summed E-state index contributed by atoms with van der Waals surface area (Å²) in [6, 6.07) is 6.02. The molecule has 0 atom stereocenters. The first-order valence-electron chi connectivity index (χ1n) is 2.44. The van der Waals surface area contributed by atoms with Crippen LogP contribution in [0.5, 0.6) is 0 Å². The second-order valence-electron chi connectivity index (χ2n) is 1.65. The minimum atomic E-state index is 1.20. The quantitative estimate of drug-likeness (QED) is 0.558. The van der Waals surface area contributed by atoms with E-state index in [1.54, 1.807) is 0 Å². The Morgan fingerprint density at radius 2 is 2.25 bits per heavy atom. The van der Waals surface area contributed by atoms with Crippen molar-refractivity contribution in [3.63, 3.8) is 0 Å². The molecule has 0 aliphatic rings. The van der Waals surface area contributed by atoms with E-state index in [4.69, 9.17) is 0 Å². The molecule has 0 saturated heterocycles. The molecule has 1 aromatic rings. The Labute approximate surface area is 57.3 Å². The van der Waals surface area contributed by atoms with E-state index in [9.17, 15) is 0 Å². The maximum absolute atomic E-state index is 3.31. The van der Waals surface area contributed by atoms with Crippen molar-refractivity contribution < 1.29 is 3.59 Å². The minimum Gasteiger partial charge on any atom is -0.127 e. The predicted octanol–water partition coefficient (Wildman–Crippen LogP) is 1.44. The molecular weight excluding hydrogens is 166 g/mol. The van der Waals surface area contributed by atoms with E-state index in [-0.39, 0.29) is 0 Å². The van der Waals surface area contributed by atoms with E-state index in [1.165, 1.54) is 5.69 Å². The highest BCUT2D eigenvalue weighted by atomic mass is 79.9. The molecule has 1 heterocycles. The molecular formula is C6H7BrN+. The van der Waals surface area contributed by atoms with E-state index in [2.05, 4.69) is 16.1 Å². The standard InChI is InChI=1S/C6H7BrN/c1-6-4-2-3-5-8(6)7/h2-5H,1H3/q+1. The molecule has 0 aliphatic heterocycles. The van der Waals surface area contributed by atoms with Crippen molar-refractivity contribution in [1.29, 1.82) is 0 Å². The van der Waals surface area contributed by atoms with Gasteiger partial charge in [0.1, 0.15) is 0 Å². The van der Waals surface area contributed by atoms with Gasteiger partial charge in [-0.25, -0.2) is 0 Å². The Kier molecular flexibility index (Phi) is 1.63. The summed E-state index contributed by atoms with van der Waals surface area (Å²) < 4.78 is 1.90. The summed E-state index contributed by atoms with van der Waals surface area (Å²) in [5.41, 5.74) is 1.20. The lowest BCUT2D eigenvalue weighted by molar-refractivity contribution is -0.482. The van der Waals surface area contributed by atoms with Gasteiger partial charge in [0, 0.05) is 19.1 Å². The van der Waals surface area contributed by atoms with Crippen LogP contribution >= 0.6 is 16.1 Å². The molecule has 1 nitrogen and oxygen atoms in total. The van der Waals surface area contributed by atoms with E-state index < -0.39 is 0 Å². The normalized spacial score (nSPS) is 9.25. The molecule has 0 saturated carbocycles. The third-order valence-electron chi connectivity index (χ3n) is 1.00. The first kappa shape index (κ1) is 5.76. The van der Waals surface area contributed by atoms with Gasteiger partial charge in [-0.2, -0.15) is 0 Å². The largest absolute Gasteiger partial charge is 0.331 e. The van der Waals surface area contributed by atoms with Gasteiger partial charge in [0.05, 0.1) is 0 Å². The van der Waals surface area contributed by atoms with Crippen molar-refractivity contribution in [2.45, 2.75) is 6.92 Å². The molecule has 0 fully saturated rings. The Morgan fingerprint density at radius 1 is 1.50 bits per heavy atom. The molecule has 2 heteroatoms. The summed E-state index contributed by atoms with van der Waals surface area (Å²) in [5.74, 6) is 0. The van der Waals surface area contributed by atoms with Crippen LogP contribution in [0, 0.1) is 6.92 Å². The zero-order valence-corrected chi connectivity index (χ0v) is 6.22. The molecule has 0 unspecified atom stereocenters. The lowest BCUT2D eigenvalue weighted by Gasteiger charge is -1.83. The minimum absolute atomic E-state index is 1.20. The third-order valence-corrected chi connectivity index (χ3v) is 1.80. The van der Waals surface area contributed by atoms with Crippen LogP contribution in [0.15, 0.2) is 24.4 Å². The molecule has 0 bridgehead atoms. The van der Waals surface area contributed by atoms with Gasteiger partial charge in [-0.3, -0.25) is 0 Å². The fourth-order valence-corrected chi connectivity index (χ4v) is 0.764. The number of aromatic nitrogens is 1. The molecule has 0 aromatic carbocycles. The fraction of sp³-hybridized carbons (Fsp3) is 0.167. The van der Waals surface area contributed by atoms with Gasteiger partial charge in [-0.1, -0.05) is 6.07 Å². The summed E-state index contributed by atoms with van der Waals surface area (Å²) in [5, 5.41) is 0. The average molecular weight is 173 g/mol. The highest BCUT2D eigenvalue weighted by Gasteiger charge is 1.95. The number of hydrogen-bond acceptors (Lipinski definition) is 0. The van der Waals surface area contributed by atoms with Crippen LogP contribution in [0.1, 0.15) is 5.69 Å². The summed E-state index contributed by atoms with van der Waals surface area (Å²) in [7, 11) is 0. The zero-order chi connectivity index (χ0) is 5.98. The van der Waals surface area contributed by atoms with Crippen LogP contribution in [0.4, 0.5) is 0 Å². The lowest BCUT2D eigenvalue weighted by atomic mass is 10.4. The van der Waals surface area contributed by atoms with E-state index in [0.717, 1.165) is 0 Å². The van der Waals surface area contributed by atoms with Gasteiger partial charge in [0.15, 0.2) is 11.9 Å². The zero-order valence-electron chi connectivity index (χ0n) is 4.63. The number of pyridine rings is 1. The molecule has 0 amide bonds. The lowest BCUT2D eigenvalue weighted by Crippen LogP contribution is -2.21. The number of nitrogens with zero attached hydrogens (tertiary/aromatic N) is 1. The Balaban J connectivity index is 3.13. The predicted molar refractivity (Wildman–Crippen MR) is 35.7 cm³/mol. The van der Waals surface area contributed by atoms with Crippen molar-refractivity contribution >= 4 is 16.1 Å². The SMILES string of the molecule is Cc1cccc[n+]1Br. The van der Waals surface area contributed by atoms with Gasteiger partial charge in [0.25, 0.3) is 0 Å². The van der Waals surface area contributed by atoms with Crippen molar-refractivity contribution in [2.75, 3.05) is 0 Å². The van der Waals surface area contributed by atoms with E-state index >= 15 is 0 Å². The highest BCUT2D eigenvalue weighted by Crippen LogP contribution is 1.88. The molecule has 0 spiro atoms. The van der Waals surface area contributed by atoms with Gasteiger partial charge < -0.3 is 0 Å². The topological polar surface area (TPSA) is 3.88 Å². The van der Waals surface area contributed by atoms with Crippen LogP contribution in [-0.4, -0.2) is 0 Å². The van der Waals surface area contributed by atoms with E-state index in [1.807, 2.05) is 34.9 Å². The third kappa shape index (κ3) is 1.07. The van der Waals surface area contributed by atoms with Crippen molar-refractivity contribution in [3.8, 4) is 0 Å². The first-order chi connectivity index (χ1) is 3.80. The molecule has 42 valence electrons. The van der Waals surface area contributed by atoms with Gasteiger partial charge >= 0.3 is 16.1 Å². The van der Waals surface area contributed by atoms with E-state index in [0.29, 0.717) is 0 Å². The van der Waals surface area contributed by atoms with Crippen LogP contribution in [-0.2, 0) is 0 Å². The van der Waals surface area contributed by atoms with Crippen LogP contribution in [0.3, 0.4) is 0 Å². The average Bonchev–Trinajstić information content (AvgIpc) is 1.77. The van der Waals surface area contributed by atoms with Gasteiger partial charge in [-0.15, -0.1) is 3.59 Å². The van der Waals surface area contributed by atoms with Crippen molar-refractivity contribution in [1.82, 2.24) is 0 Å². The van der Waals surface area contributed by atoms with Crippen LogP contribution < -0.4 is 3.59 Å². The maximum atomic E-state index is 3.31. The number of rotatable bonds is 0. The molecule has 0 N–H and O–H groups in total. The monoisotopic (exact) mass is 172 g/mol. The number of hydrogen-bond donors (Lipinski definition) is 0. The van der Waals surface area contributed by atoms with Crippen LogP contribution in [0.2, 0.25) is 0 Å². The summed E-state index contributed by atoms with van der Waals surface area (Å²) in [6.45, 7) is 2.04. The number of halogens is 1. The molecule has 8 heavy (non-hydrogen) atoms. The molecule has 1 aromatic heterocycles. The fourth-order valence-electron chi connectivity index (χ4n) is 0.509. The second-order valence-corrected chi connectivity index (χ2v) is 2.42. The van der Waals surface area contributed by atoms with Crippen LogP contribution in [0.25, 0.3) is 0 Å². The smallest absolute Gasteiger partial charge is 0.127 e. The Bertz CT molecular complexity index is 165. The first-order valence-corrected chi connectivity index (χ1v) is 3.15. The molecule has 0 aliphatic carbocycles. The molecule has 0 radical (unpaired) electrons. The van der Waals surface area contributed by atoms with Crippen molar-refractivity contribution in [3.05, 3.63) is 30.1 Å². The van der Waals surface area contributed by atoms with Gasteiger partial charge in [0.2, 0.25) is 0 Å². The maximum Gasteiger partial charge on any atom is 0.331 e. The Morgan fingerprint density at radius 3 is 2.62 bits per heavy atom. The number of aryl methyl sites for hydroxylation is 1. The second kappa shape index (κ2) is 2.27. The summed E-state index contributed by atoms with van der Waals surface area (Å²) in [4.78, 5) is 0.